The molecule has 0 N–H and O–H groups in total. The van der Waals surface area contributed by atoms with Crippen LogP contribution >= 0.6 is 0 Å². The lowest BCUT2D eigenvalue weighted by Crippen LogP contribution is -2.44. The molecule has 2 aliphatic rings. The molecule has 4 atom stereocenters. The Morgan fingerprint density at radius 2 is 1.95 bits per heavy atom. The summed E-state index contributed by atoms with van der Waals surface area (Å²) >= 11 is 0. The monoisotopic (exact) mass is 313 g/mol. The number of rotatable bonds is 3. The van der Waals surface area contributed by atoms with Crippen LogP contribution in [0, 0.1) is 5.92 Å². The molecule has 7 nitrogen and oxygen atoms in total. The zero-order valence-electron chi connectivity index (χ0n) is 13.6. The van der Waals surface area contributed by atoms with Crippen LogP contribution in [-0.4, -0.2) is 53.2 Å². The first-order chi connectivity index (χ1) is 10.2. The van der Waals surface area contributed by atoms with Crippen LogP contribution in [0.3, 0.4) is 0 Å². The van der Waals surface area contributed by atoms with E-state index in [9.17, 15) is 14.4 Å². The number of nitrogens with zero attached hydrogens (tertiary/aromatic N) is 1. The summed E-state index contributed by atoms with van der Waals surface area (Å²) in [5.41, 5.74) is -0.693. The van der Waals surface area contributed by atoms with Gasteiger partial charge in [0.05, 0.1) is 18.8 Å². The van der Waals surface area contributed by atoms with Crippen molar-refractivity contribution in [3.8, 4) is 0 Å². The fraction of sp³-hybridized carbons (Fsp3) is 0.800. The second kappa shape index (κ2) is 5.96. The van der Waals surface area contributed by atoms with Gasteiger partial charge in [-0.25, -0.2) is 4.79 Å². The molecule has 0 aromatic carbocycles. The van der Waals surface area contributed by atoms with Crippen molar-refractivity contribution in [1.82, 2.24) is 5.06 Å². The molecule has 4 unspecified atom stereocenters. The molecule has 2 rings (SSSR count). The highest BCUT2D eigenvalue weighted by atomic mass is 16.7. The smallest absolute Gasteiger partial charge is 0.334 e. The van der Waals surface area contributed by atoms with Gasteiger partial charge < -0.3 is 9.47 Å². The van der Waals surface area contributed by atoms with Gasteiger partial charge in [-0.15, -0.1) is 0 Å². The van der Waals surface area contributed by atoms with Gasteiger partial charge in [0.2, 0.25) is 0 Å². The number of esters is 2. The molecule has 2 saturated heterocycles. The van der Waals surface area contributed by atoms with Crippen molar-refractivity contribution in [3.05, 3.63) is 0 Å². The van der Waals surface area contributed by atoms with Crippen molar-refractivity contribution in [2.45, 2.75) is 64.8 Å². The Balaban J connectivity index is 2.17. The Labute approximate surface area is 129 Å². The van der Waals surface area contributed by atoms with E-state index >= 15 is 0 Å². The van der Waals surface area contributed by atoms with E-state index in [1.807, 2.05) is 0 Å². The molecule has 22 heavy (non-hydrogen) atoms. The molecule has 0 bridgehead atoms. The number of fused-ring (bicyclic) bond motifs is 1. The first-order valence-corrected chi connectivity index (χ1v) is 7.53. The van der Waals surface area contributed by atoms with Crippen LogP contribution in [0.2, 0.25) is 0 Å². The van der Waals surface area contributed by atoms with Gasteiger partial charge in [-0.05, 0) is 34.6 Å². The van der Waals surface area contributed by atoms with Crippen LogP contribution < -0.4 is 0 Å². The Hall–Kier alpha value is -1.47. The lowest BCUT2D eigenvalue weighted by molar-refractivity contribution is -0.196. The third-order valence-corrected chi connectivity index (χ3v) is 3.69. The molecule has 0 saturated carbocycles. The van der Waals surface area contributed by atoms with Gasteiger partial charge in [0.25, 0.3) is 0 Å². The second-order valence-electron chi connectivity index (χ2n) is 6.62. The largest absolute Gasteiger partial charge is 0.466 e. The first kappa shape index (κ1) is 16.9. The SMILES string of the molecule is CCOC(=O)C1C(C)ON2C(C(=O)OC(C)(C)C)C(=O)CC12. The summed E-state index contributed by atoms with van der Waals surface area (Å²) in [5, 5.41) is 1.32. The lowest BCUT2D eigenvalue weighted by atomic mass is 9.94. The number of ether oxygens (including phenoxy) is 2. The van der Waals surface area contributed by atoms with Crippen molar-refractivity contribution < 1.29 is 28.7 Å². The summed E-state index contributed by atoms with van der Waals surface area (Å²) in [7, 11) is 0. The number of hydrogen-bond acceptors (Lipinski definition) is 7. The van der Waals surface area contributed by atoms with Crippen LogP contribution in [0.4, 0.5) is 0 Å². The van der Waals surface area contributed by atoms with E-state index in [4.69, 9.17) is 14.3 Å². The standard InChI is InChI=1S/C15H23NO6/c1-6-20-13(18)11-8(2)22-16-9(11)7-10(17)12(16)14(19)21-15(3,4)5/h8-9,11-12H,6-7H2,1-5H3. The van der Waals surface area contributed by atoms with Gasteiger partial charge in [-0.2, -0.15) is 5.06 Å². The van der Waals surface area contributed by atoms with E-state index in [1.54, 1.807) is 34.6 Å². The Morgan fingerprint density at radius 1 is 1.32 bits per heavy atom. The van der Waals surface area contributed by atoms with Crippen molar-refractivity contribution in [1.29, 1.82) is 0 Å². The summed E-state index contributed by atoms with van der Waals surface area (Å²) in [6, 6.07) is -1.58. The summed E-state index contributed by atoms with van der Waals surface area (Å²) in [6.07, 6.45) is -0.361. The number of ketones is 1. The van der Waals surface area contributed by atoms with Gasteiger partial charge >= 0.3 is 11.9 Å². The van der Waals surface area contributed by atoms with Crippen LogP contribution in [0.15, 0.2) is 0 Å². The summed E-state index contributed by atoms with van der Waals surface area (Å²) < 4.78 is 10.3. The quantitative estimate of drug-likeness (QED) is 0.564. The third-order valence-electron chi connectivity index (χ3n) is 3.69. The Bertz CT molecular complexity index is 483. The van der Waals surface area contributed by atoms with Crippen molar-refractivity contribution >= 4 is 17.7 Å². The van der Waals surface area contributed by atoms with E-state index in [1.165, 1.54) is 5.06 Å². The highest BCUT2D eigenvalue weighted by Gasteiger charge is 2.58. The van der Waals surface area contributed by atoms with Crippen LogP contribution in [0.5, 0.6) is 0 Å². The normalized spacial score (nSPS) is 32.0. The summed E-state index contributed by atoms with van der Waals surface area (Å²) in [4.78, 5) is 42.1. The molecule has 0 aromatic heterocycles. The second-order valence-corrected chi connectivity index (χ2v) is 6.62. The Kier molecular flexibility index (Phi) is 4.58. The number of hydrogen-bond donors (Lipinski definition) is 0. The molecule has 0 spiro atoms. The minimum Gasteiger partial charge on any atom is -0.466 e. The van der Waals surface area contributed by atoms with E-state index in [0.717, 1.165) is 0 Å². The molecular weight excluding hydrogens is 290 g/mol. The predicted molar refractivity (Wildman–Crippen MR) is 75.6 cm³/mol. The number of Topliss-reactive ketones (excluding diaryl/α,β-unsaturated/α-hetero) is 1. The third kappa shape index (κ3) is 3.15. The molecule has 2 heterocycles. The van der Waals surface area contributed by atoms with Gasteiger partial charge in [-0.1, -0.05) is 0 Å². The van der Waals surface area contributed by atoms with Gasteiger partial charge in [-0.3, -0.25) is 14.4 Å². The maximum atomic E-state index is 12.2. The molecule has 2 fully saturated rings. The van der Waals surface area contributed by atoms with Crippen molar-refractivity contribution in [2.75, 3.05) is 6.61 Å². The van der Waals surface area contributed by atoms with Gasteiger partial charge in [0, 0.05) is 6.42 Å². The minimum absolute atomic E-state index is 0.0811. The highest BCUT2D eigenvalue weighted by Crippen LogP contribution is 2.38. The molecule has 2 aliphatic heterocycles. The summed E-state index contributed by atoms with van der Waals surface area (Å²) in [6.45, 7) is 8.91. The molecule has 0 radical (unpaired) electrons. The first-order valence-electron chi connectivity index (χ1n) is 7.53. The maximum Gasteiger partial charge on any atom is 0.334 e. The lowest BCUT2D eigenvalue weighted by Gasteiger charge is -2.25. The molecule has 124 valence electrons. The zero-order chi connectivity index (χ0) is 16.7. The van der Waals surface area contributed by atoms with Crippen LogP contribution in [-0.2, 0) is 28.7 Å². The maximum absolute atomic E-state index is 12.2. The van der Waals surface area contributed by atoms with E-state index in [2.05, 4.69) is 0 Å². The number of carbonyl (C=O) groups excluding carboxylic acids is 3. The highest BCUT2D eigenvalue weighted by molar-refractivity contribution is 6.05. The van der Waals surface area contributed by atoms with Crippen LogP contribution in [0.1, 0.15) is 41.0 Å². The van der Waals surface area contributed by atoms with E-state index < -0.39 is 41.6 Å². The topological polar surface area (TPSA) is 82.1 Å². The molecule has 0 aliphatic carbocycles. The fourth-order valence-electron chi connectivity index (χ4n) is 2.92. The fourth-order valence-corrected chi connectivity index (χ4v) is 2.92. The number of carbonyl (C=O) groups is 3. The van der Waals surface area contributed by atoms with E-state index in [-0.39, 0.29) is 18.8 Å². The zero-order valence-corrected chi connectivity index (χ0v) is 13.6. The summed E-state index contributed by atoms with van der Waals surface area (Å²) in [5.74, 6) is -1.91. The molecule has 0 amide bonds. The van der Waals surface area contributed by atoms with Crippen molar-refractivity contribution in [3.63, 3.8) is 0 Å². The minimum atomic E-state index is -1.11. The van der Waals surface area contributed by atoms with Gasteiger partial charge in [0.1, 0.15) is 11.5 Å². The molecule has 0 aromatic rings. The van der Waals surface area contributed by atoms with Crippen LogP contribution in [0.25, 0.3) is 0 Å². The van der Waals surface area contributed by atoms with Gasteiger partial charge in [0.15, 0.2) is 11.8 Å². The van der Waals surface area contributed by atoms with Crippen molar-refractivity contribution in [2.24, 2.45) is 5.92 Å². The van der Waals surface area contributed by atoms with E-state index in [0.29, 0.717) is 0 Å². The average molecular weight is 313 g/mol. The molecular formula is C15H23NO6. The number of hydroxylamine groups is 2. The average Bonchev–Trinajstić information content (AvgIpc) is 2.79. The molecule has 7 heteroatoms. The predicted octanol–water partition coefficient (Wildman–Crippen LogP) is 0.853. The Morgan fingerprint density at radius 3 is 2.50 bits per heavy atom.